The summed E-state index contributed by atoms with van der Waals surface area (Å²) < 4.78 is 21.5. The Labute approximate surface area is 183 Å². The molecule has 10 N–H and O–H groups in total. The minimum Gasteiger partial charge on any atom is -0.394 e. The molecule has 2 aliphatic heterocycles. The number of aliphatic hydroxyl groups excluding tert-OH is 10. The Morgan fingerprint density at radius 3 is 2.06 bits per heavy atom. The van der Waals surface area contributed by atoms with E-state index in [9.17, 15) is 51.1 Å². The summed E-state index contributed by atoms with van der Waals surface area (Å²) in [5.74, 6) is 0. The summed E-state index contributed by atoms with van der Waals surface area (Å²) in [6.45, 7) is -0.910. The highest BCUT2D eigenvalue weighted by Gasteiger charge is 2.50. The Kier molecular flexibility index (Phi) is 10.6. The number of ether oxygens (including phenoxy) is 4. The molecule has 2 saturated heterocycles. The summed E-state index contributed by atoms with van der Waals surface area (Å²) in [6.07, 6.45) is -20.0. The Bertz CT molecular complexity index is 550. The van der Waals surface area contributed by atoms with Crippen molar-refractivity contribution in [2.75, 3.05) is 19.8 Å². The molecule has 2 heterocycles. The second kappa shape index (κ2) is 12.2. The first-order valence-electron chi connectivity index (χ1n) is 10.3. The first-order chi connectivity index (χ1) is 15.0. The smallest absolute Gasteiger partial charge is 0.187 e. The van der Waals surface area contributed by atoms with Gasteiger partial charge in [0.2, 0.25) is 0 Å². The quantitative estimate of drug-likeness (QED) is 0.142. The zero-order valence-electron chi connectivity index (χ0n) is 17.4. The van der Waals surface area contributed by atoms with Crippen LogP contribution in [0.25, 0.3) is 0 Å². The first kappa shape index (κ1) is 27.7. The van der Waals surface area contributed by atoms with Gasteiger partial charge in [0.1, 0.15) is 48.8 Å². The van der Waals surface area contributed by atoms with Crippen molar-refractivity contribution in [3.05, 3.63) is 0 Å². The summed E-state index contributed by atoms with van der Waals surface area (Å²) in [5.41, 5.74) is 0. The normalized spacial score (nSPS) is 42.3. The van der Waals surface area contributed by atoms with E-state index in [0.29, 0.717) is 0 Å². The molecule has 2 aliphatic rings. The molecule has 0 aromatic carbocycles. The lowest BCUT2D eigenvalue weighted by molar-refractivity contribution is -0.361. The molecule has 2 rings (SSSR count). The van der Waals surface area contributed by atoms with Gasteiger partial charge < -0.3 is 70.0 Å². The molecule has 190 valence electrons. The molecule has 0 amide bonds. The minimum absolute atomic E-state index is 0.0661. The maximum Gasteiger partial charge on any atom is 0.187 e. The molecule has 14 heteroatoms. The van der Waals surface area contributed by atoms with E-state index in [-0.39, 0.29) is 6.42 Å². The number of hydrogen-bond donors (Lipinski definition) is 10. The maximum atomic E-state index is 10.6. The average molecular weight is 474 g/mol. The van der Waals surface area contributed by atoms with Crippen molar-refractivity contribution in [3.63, 3.8) is 0 Å². The second-order valence-electron chi connectivity index (χ2n) is 7.99. The summed E-state index contributed by atoms with van der Waals surface area (Å²) >= 11 is 0. The third-order valence-electron chi connectivity index (χ3n) is 5.51. The predicted molar refractivity (Wildman–Crippen MR) is 101 cm³/mol. The van der Waals surface area contributed by atoms with E-state index in [1.54, 1.807) is 0 Å². The van der Waals surface area contributed by atoms with E-state index in [0.717, 1.165) is 0 Å². The Morgan fingerprint density at radius 1 is 0.875 bits per heavy atom. The van der Waals surface area contributed by atoms with Crippen LogP contribution in [-0.4, -0.2) is 151 Å². The van der Waals surface area contributed by atoms with Gasteiger partial charge in [-0.15, -0.1) is 0 Å². The molecule has 13 atom stereocenters. The van der Waals surface area contributed by atoms with Crippen LogP contribution in [0.4, 0.5) is 0 Å². The van der Waals surface area contributed by atoms with Crippen molar-refractivity contribution >= 4 is 0 Å². The van der Waals surface area contributed by atoms with Crippen LogP contribution in [0.15, 0.2) is 0 Å². The molecule has 2 fully saturated rings. The molecule has 0 saturated carbocycles. The topological polar surface area (TPSA) is 239 Å². The second-order valence-corrected chi connectivity index (χ2v) is 7.99. The van der Waals surface area contributed by atoms with E-state index in [1.165, 1.54) is 6.92 Å². The molecule has 32 heavy (non-hydrogen) atoms. The number of hydrogen-bond acceptors (Lipinski definition) is 14. The fraction of sp³-hybridized carbons (Fsp3) is 1.00. The molecule has 0 spiro atoms. The fourth-order valence-corrected chi connectivity index (χ4v) is 3.57. The monoisotopic (exact) mass is 474 g/mol. The SMILES string of the molecule is CC(O)C(O)C(OC1OC(CO)C(OC2OC(CO)CC(O)C2O)C(O)C1O)C(O)CO. The lowest BCUT2D eigenvalue weighted by atomic mass is 9.97. The van der Waals surface area contributed by atoms with Crippen LogP contribution in [0.5, 0.6) is 0 Å². The van der Waals surface area contributed by atoms with Gasteiger partial charge in [0, 0.05) is 6.42 Å². The van der Waals surface area contributed by atoms with Crippen molar-refractivity contribution in [2.45, 2.75) is 93.1 Å². The first-order valence-corrected chi connectivity index (χ1v) is 10.3. The predicted octanol–water partition coefficient (Wildman–Crippen LogP) is -5.88. The van der Waals surface area contributed by atoms with Crippen molar-refractivity contribution in [3.8, 4) is 0 Å². The van der Waals surface area contributed by atoms with Gasteiger partial charge in [0.15, 0.2) is 12.6 Å². The zero-order chi connectivity index (χ0) is 24.2. The largest absolute Gasteiger partial charge is 0.394 e. The van der Waals surface area contributed by atoms with Gasteiger partial charge >= 0.3 is 0 Å². The molecule has 0 bridgehead atoms. The highest BCUT2D eigenvalue weighted by Crippen LogP contribution is 2.30. The summed E-state index contributed by atoms with van der Waals surface area (Å²) in [7, 11) is 0. The van der Waals surface area contributed by atoms with E-state index < -0.39 is 99.5 Å². The maximum absolute atomic E-state index is 10.6. The molecular weight excluding hydrogens is 440 g/mol. The fourth-order valence-electron chi connectivity index (χ4n) is 3.57. The van der Waals surface area contributed by atoms with Gasteiger partial charge in [-0.3, -0.25) is 0 Å². The Balaban J connectivity index is 2.14. The van der Waals surface area contributed by atoms with Crippen LogP contribution in [0.1, 0.15) is 13.3 Å². The van der Waals surface area contributed by atoms with E-state index in [2.05, 4.69) is 0 Å². The Hall–Kier alpha value is -0.560. The van der Waals surface area contributed by atoms with E-state index in [1.807, 2.05) is 0 Å². The van der Waals surface area contributed by atoms with Crippen molar-refractivity contribution in [2.24, 2.45) is 0 Å². The average Bonchev–Trinajstić information content (AvgIpc) is 2.77. The molecule has 0 radical (unpaired) electrons. The summed E-state index contributed by atoms with van der Waals surface area (Å²) in [6, 6.07) is 0. The molecule has 14 nitrogen and oxygen atoms in total. The van der Waals surface area contributed by atoms with Crippen molar-refractivity contribution in [1.82, 2.24) is 0 Å². The van der Waals surface area contributed by atoms with E-state index >= 15 is 0 Å². The molecule has 0 aromatic heterocycles. The zero-order valence-corrected chi connectivity index (χ0v) is 17.4. The number of aliphatic hydroxyl groups is 10. The van der Waals surface area contributed by atoms with Gasteiger partial charge in [0.25, 0.3) is 0 Å². The van der Waals surface area contributed by atoms with Crippen LogP contribution in [0.2, 0.25) is 0 Å². The van der Waals surface area contributed by atoms with Gasteiger partial charge in [-0.1, -0.05) is 0 Å². The lowest BCUT2D eigenvalue weighted by Crippen LogP contribution is -2.64. The summed E-state index contributed by atoms with van der Waals surface area (Å²) in [4.78, 5) is 0. The third kappa shape index (κ3) is 6.31. The highest BCUT2D eigenvalue weighted by molar-refractivity contribution is 4.93. The molecule has 13 unspecified atom stereocenters. The van der Waals surface area contributed by atoms with Crippen LogP contribution in [0.3, 0.4) is 0 Å². The van der Waals surface area contributed by atoms with Crippen LogP contribution < -0.4 is 0 Å². The molecule has 0 aromatic rings. The number of rotatable bonds is 10. The van der Waals surface area contributed by atoms with E-state index in [4.69, 9.17) is 18.9 Å². The van der Waals surface area contributed by atoms with Gasteiger partial charge in [-0.05, 0) is 6.92 Å². The van der Waals surface area contributed by atoms with Crippen molar-refractivity contribution < 1.29 is 70.0 Å². The van der Waals surface area contributed by atoms with Gasteiger partial charge in [0.05, 0.1) is 38.1 Å². The van der Waals surface area contributed by atoms with Crippen LogP contribution >= 0.6 is 0 Å². The molecular formula is C18H34O14. The van der Waals surface area contributed by atoms with Crippen LogP contribution in [-0.2, 0) is 18.9 Å². The standard InChI is InChI=1S/C18H34O14/c1-6(22)11(25)15(9(24)4-20)31-18-14(28)13(27)16(10(5-21)30-18)32-17-12(26)8(23)2-7(3-19)29-17/h6-28H,2-5H2,1H3. The van der Waals surface area contributed by atoms with Crippen molar-refractivity contribution in [1.29, 1.82) is 0 Å². The Morgan fingerprint density at radius 2 is 1.53 bits per heavy atom. The highest BCUT2D eigenvalue weighted by atomic mass is 16.7. The summed E-state index contributed by atoms with van der Waals surface area (Å²) in [5, 5.41) is 98.7. The third-order valence-corrected chi connectivity index (χ3v) is 5.51. The van der Waals surface area contributed by atoms with Crippen LogP contribution in [0, 0.1) is 0 Å². The molecule has 0 aliphatic carbocycles. The minimum atomic E-state index is -1.86. The van der Waals surface area contributed by atoms with Gasteiger partial charge in [-0.2, -0.15) is 0 Å². The van der Waals surface area contributed by atoms with Gasteiger partial charge in [-0.25, -0.2) is 0 Å². The lowest BCUT2D eigenvalue weighted by Gasteiger charge is -2.46.